The summed E-state index contributed by atoms with van der Waals surface area (Å²) in [5.74, 6) is -0.183. The molecule has 2 aliphatic rings. The van der Waals surface area contributed by atoms with Crippen LogP contribution in [0.1, 0.15) is 29.6 Å². The number of esters is 1. The molecule has 2 fully saturated rings. The number of nitrogens with zero attached hydrogens (tertiary/aromatic N) is 2. The summed E-state index contributed by atoms with van der Waals surface area (Å²) in [6, 6.07) is 8.97. The van der Waals surface area contributed by atoms with Crippen LogP contribution in [0.4, 0.5) is 0 Å². The predicted molar refractivity (Wildman–Crippen MR) is 81.3 cm³/mol. The van der Waals surface area contributed by atoms with Crippen molar-refractivity contribution < 1.29 is 9.53 Å². The number of carbonyl (C=O) groups is 1. The zero-order chi connectivity index (χ0) is 14.6. The Morgan fingerprint density at radius 3 is 2.76 bits per heavy atom. The Bertz CT molecular complexity index is 706. The van der Waals surface area contributed by atoms with Gasteiger partial charge in [0.15, 0.2) is 0 Å². The van der Waals surface area contributed by atoms with Crippen LogP contribution in [0.5, 0.6) is 0 Å². The molecule has 2 unspecified atom stereocenters. The molecular weight excluding hydrogens is 264 g/mol. The third-order valence-electron chi connectivity index (χ3n) is 5.20. The van der Waals surface area contributed by atoms with E-state index in [4.69, 9.17) is 4.74 Å². The van der Waals surface area contributed by atoms with Crippen molar-refractivity contribution in [3.63, 3.8) is 0 Å². The lowest BCUT2D eigenvalue weighted by Gasteiger charge is -2.21. The third kappa shape index (κ3) is 1.89. The van der Waals surface area contributed by atoms with Gasteiger partial charge in [-0.3, -0.25) is 4.90 Å². The topological polar surface area (TPSA) is 34.5 Å². The number of hydrogen-bond donors (Lipinski definition) is 0. The first kappa shape index (κ1) is 12.9. The minimum absolute atomic E-state index is 0.0558. The smallest absolute Gasteiger partial charge is 0.340 e. The summed E-state index contributed by atoms with van der Waals surface area (Å²) in [5, 5.41) is 0.974. The Morgan fingerprint density at radius 1 is 1.24 bits per heavy atom. The van der Waals surface area contributed by atoms with Crippen molar-refractivity contribution in [3.05, 3.63) is 36.0 Å². The molecule has 4 heteroatoms. The molecule has 4 rings (SSSR count). The van der Waals surface area contributed by atoms with Crippen LogP contribution in [0.2, 0.25) is 0 Å². The van der Waals surface area contributed by atoms with Gasteiger partial charge in [-0.2, -0.15) is 0 Å². The molecule has 0 N–H and O–H groups in total. The second kappa shape index (κ2) is 4.60. The van der Waals surface area contributed by atoms with Gasteiger partial charge in [-0.25, -0.2) is 4.79 Å². The fourth-order valence-electron chi connectivity index (χ4n) is 4.03. The largest absolute Gasteiger partial charge is 0.457 e. The van der Waals surface area contributed by atoms with E-state index in [1.54, 1.807) is 0 Å². The number of aromatic nitrogens is 1. The maximum Gasteiger partial charge on any atom is 0.340 e. The maximum atomic E-state index is 12.6. The Kier molecular flexibility index (Phi) is 2.82. The summed E-state index contributed by atoms with van der Waals surface area (Å²) in [5.41, 5.74) is 1.74. The lowest BCUT2D eigenvalue weighted by atomic mass is 9.98. The van der Waals surface area contributed by atoms with E-state index in [2.05, 4.69) is 11.9 Å². The monoisotopic (exact) mass is 284 g/mol. The van der Waals surface area contributed by atoms with Crippen LogP contribution in [0.3, 0.4) is 0 Å². The van der Waals surface area contributed by atoms with Crippen LogP contribution in [0.25, 0.3) is 10.9 Å². The molecule has 0 aliphatic carbocycles. The van der Waals surface area contributed by atoms with Gasteiger partial charge in [0.05, 0.1) is 5.56 Å². The van der Waals surface area contributed by atoms with E-state index in [-0.39, 0.29) is 12.1 Å². The molecule has 2 bridgehead atoms. The molecule has 3 atom stereocenters. The Hall–Kier alpha value is -1.81. The lowest BCUT2D eigenvalue weighted by molar-refractivity contribution is 0.0214. The number of benzene rings is 1. The molecule has 0 radical (unpaired) electrons. The summed E-state index contributed by atoms with van der Waals surface area (Å²) in [7, 11) is 4.11. The van der Waals surface area contributed by atoms with Crippen molar-refractivity contribution in [2.24, 2.45) is 7.05 Å². The van der Waals surface area contributed by atoms with Gasteiger partial charge in [0.1, 0.15) is 6.10 Å². The number of carbonyl (C=O) groups excluding carboxylic acids is 1. The number of hydrogen-bond acceptors (Lipinski definition) is 3. The van der Waals surface area contributed by atoms with E-state index in [1.807, 2.05) is 42.1 Å². The molecule has 3 heterocycles. The maximum absolute atomic E-state index is 12.6. The number of aryl methyl sites for hydroxylation is 1. The zero-order valence-corrected chi connectivity index (χ0v) is 12.5. The molecule has 0 saturated carbocycles. The Morgan fingerprint density at radius 2 is 2.05 bits per heavy atom. The predicted octanol–water partition coefficient (Wildman–Crippen LogP) is 2.57. The van der Waals surface area contributed by atoms with E-state index in [9.17, 15) is 4.79 Å². The fourth-order valence-corrected chi connectivity index (χ4v) is 4.03. The molecule has 0 spiro atoms. The minimum atomic E-state index is -0.183. The fraction of sp³-hybridized carbons (Fsp3) is 0.471. The van der Waals surface area contributed by atoms with Crippen LogP contribution < -0.4 is 0 Å². The molecule has 1 aromatic carbocycles. The average molecular weight is 284 g/mol. The third-order valence-corrected chi connectivity index (χ3v) is 5.20. The second-order valence-corrected chi connectivity index (χ2v) is 6.31. The van der Waals surface area contributed by atoms with Gasteiger partial charge >= 0.3 is 5.97 Å². The van der Waals surface area contributed by atoms with E-state index in [1.165, 1.54) is 6.42 Å². The van der Waals surface area contributed by atoms with Crippen LogP contribution in [0.15, 0.2) is 30.5 Å². The normalized spacial score (nSPS) is 28.4. The highest BCUT2D eigenvalue weighted by Crippen LogP contribution is 2.38. The molecule has 4 nitrogen and oxygen atoms in total. The number of para-hydroxylation sites is 1. The van der Waals surface area contributed by atoms with E-state index < -0.39 is 0 Å². The molecule has 0 amide bonds. The van der Waals surface area contributed by atoms with Crippen molar-refractivity contribution in [1.29, 1.82) is 0 Å². The van der Waals surface area contributed by atoms with Crippen molar-refractivity contribution in [2.45, 2.75) is 37.5 Å². The number of rotatable bonds is 2. The first-order valence-electron chi connectivity index (χ1n) is 7.62. The molecule has 2 aromatic rings. The van der Waals surface area contributed by atoms with E-state index >= 15 is 0 Å². The summed E-state index contributed by atoms with van der Waals surface area (Å²) >= 11 is 0. The quantitative estimate of drug-likeness (QED) is 0.795. The first-order valence-corrected chi connectivity index (χ1v) is 7.62. The van der Waals surface area contributed by atoms with E-state index in [0.29, 0.717) is 17.6 Å². The lowest BCUT2D eigenvalue weighted by Crippen LogP contribution is -2.32. The number of likely N-dealkylation sites (N-methyl/N-ethyl adjacent to an activating group) is 1. The van der Waals surface area contributed by atoms with Crippen LogP contribution in [-0.2, 0) is 11.8 Å². The summed E-state index contributed by atoms with van der Waals surface area (Å²) in [6.45, 7) is 0. The molecular formula is C17H20N2O2. The Labute approximate surface area is 124 Å². The highest BCUT2D eigenvalue weighted by Gasteiger charge is 2.46. The molecule has 2 saturated heterocycles. The van der Waals surface area contributed by atoms with Gasteiger partial charge < -0.3 is 9.30 Å². The standard InChI is InChI=1S/C17H20N2O2/c1-18-10-13(12-5-3-4-6-14(12)18)17(20)21-16-9-11-7-8-15(16)19(11)2/h3-6,10-11,15-16H,7-9H2,1-2H3/t11?,15-,16?/m0/s1. The number of ether oxygens (including phenoxy) is 1. The summed E-state index contributed by atoms with van der Waals surface area (Å²) < 4.78 is 7.81. The van der Waals surface area contributed by atoms with Gasteiger partial charge in [-0.15, -0.1) is 0 Å². The number of fused-ring (bicyclic) bond motifs is 3. The van der Waals surface area contributed by atoms with Crippen LogP contribution in [-0.4, -0.2) is 40.7 Å². The minimum Gasteiger partial charge on any atom is -0.457 e. The van der Waals surface area contributed by atoms with Gasteiger partial charge in [0.25, 0.3) is 0 Å². The highest BCUT2D eigenvalue weighted by molar-refractivity contribution is 6.04. The second-order valence-electron chi connectivity index (χ2n) is 6.31. The van der Waals surface area contributed by atoms with Gasteiger partial charge in [0, 0.05) is 42.7 Å². The van der Waals surface area contributed by atoms with Gasteiger partial charge in [-0.1, -0.05) is 18.2 Å². The zero-order valence-electron chi connectivity index (χ0n) is 12.5. The molecule has 110 valence electrons. The van der Waals surface area contributed by atoms with Gasteiger partial charge in [0.2, 0.25) is 0 Å². The first-order chi connectivity index (χ1) is 10.1. The SMILES string of the molecule is CN1C2CC[C@H]1C(OC(=O)c1cn(C)c3ccccc13)C2. The van der Waals surface area contributed by atoms with Gasteiger partial charge in [-0.05, 0) is 26.0 Å². The summed E-state index contributed by atoms with van der Waals surface area (Å²) in [6.07, 6.45) is 5.31. The molecule has 21 heavy (non-hydrogen) atoms. The molecule has 2 aliphatic heterocycles. The van der Waals surface area contributed by atoms with E-state index in [0.717, 1.165) is 23.7 Å². The molecule has 1 aromatic heterocycles. The van der Waals surface area contributed by atoms with Crippen molar-refractivity contribution >= 4 is 16.9 Å². The van der Waals surface area contributed by atoms with Crippen molar-refractivity contribution in [1.82, 2.24) is 9.47 Å². The summed E-state index contributed by atoms with van der Waals surface area (Å²) in [4.78, 5) is 14.9. The van der Waals surface area contributed by atoms with Crippen molar-refractivity contribution in [2.75, 3.05) is 7.05 Å². The average Bonchev–Trinajstić information content (AvgIpc) is 3.11. The Balaban J connectivity index is 1.60. The van der Waals surface area contributed by atoms with Crippen LogP contribution in [0, 0.1) is 0 Å². The van der Waals surface area contributed by atoms with Crippen molar-refractivity contribution in [3.8, 4) is 0 Å². The highest BCUT2D eigenvalue weighted by atomic mass is 16.5. The van der Waals surface area contributed by atoms with Crippen LogP contribution >= 0.6 is 0 Å².